The molecule has 1 N–H and O–H groups in total. The highest BCUT2D eigenvalue weighted by molar-refractivity contribution is 6.43. The second kappa shape index (κ2) is 7.24. The largest absolute Gasteiger partial charge is 0.461 e. The van der Waals surface area contributed by atoms with Gasteiger partial charge >= 0.3 is 5.97 Å². The standard InChI is InChI=1S/C17H18N2O2/c1-3-21-17(20)16(14-11-9-13(2)10-12-14)19-18-15-7-5-4-6-8-15/h4-12,18H,3H2,1-2H3/b19-16+. The number of hydrogen-bond donors (Lipinski definition) is 1. The van der Waals surface area contributed by atoms with Crippen LogP contribution in [0.5, 0.6) is 0 Å². The molecule has 108 valence electrons. The van der Waals surface area contributed by atoms with Gasteiger partial charge in [0.1, 0.15) is 0 Å². The first-order valence-corrected chi connectivity index (χ1v) is 6.83. The van der Waals surface area contributed by atoms with Crippen LogP contribution in [0.4, 0.5) is 5.69 Å². The van der Waals surface area contributed by atoms with Gasteiger partial charge in [0.05, 0.1) is 12.3 Å². The molecule has 21 heavy (non-hydrogen) atoms. The van der Waals surface area contributed by atoms with Crippen LogP contribution in [-0.2, 0) is 9.53 Å². The van der Waals surface area contributed by atoms with E-state index in [0.717, 1.165) is 16.8 Å². The van der Waals surface area contributed by atoms with Crippen molar-refractivity contribution in [2.75, 3.05) is 12.0 Å². The predicted octanol–water partition coefficient (Wildman–Crippen LogP) is 3.37. The first-order valence-electron chi connectivity index (χ1n) is 6.83. The lowest BCUT2D eigenvalue weighted by molar-refractivity contribution is -0.134. The number of hydrogen-bond acceptors (Lipinski definition) is 4. The number of para-hydroxylation sites is 1. The van der Waals surface area contributed by atoms with E-state index in [0.29, 0.717) is 6.61 Å². The second-order valence-electron chi connectivity index (χ2n) is 4.52. The summed E-state index contributed by atoms with van der Waals surface area (Å²) in [6.07, 6.45) is 0. The summed E-state index contributed by atoms with van der Waals surface area (Å²) in [6, 6.07) is 17.1. The van der Waals surface area contributed by atoms with Crippen molar-refractivity contribution in [3.05, 3.63) is 65.7 Å². The third kappa shape index (κ3) is 4.18. The fourth-order valence-electron chi connectivity index (χ4n) is 1.77. The highest BCUT2D eigenvalue weighted by Crippen LogP contribution is 2.09. The average molecular weight is 282 g/mol. The van der Waals surface area contributed by atoms with Gasteiger partial charge in [-0.15, -0.1) is 0 Å². The first kappa shape index (κ1) is 14.8. The van der Waals surface area contributed by atoms with E-state index in [1.165, 1.54) is 0 Å². The number of benzene rings is 2. The molecule has 2 aromatic rings. The molecule has 0 spiro atoms. The van der Waals surface area contributed by atoms with Crippen molar-refractivity contribution in [3.8, 4) is 0 Å². The Morgan fingerprint density at radius 3 is 2.38 bits per heavy atom. The minimum Gasteiger partial charge on any atom is -0.461 e. The van der Waals surface area contributed by atoms with Gasteiger partial charge in [0.25, 0.3) is 0 Å². The van der Waals surface area contributed by atoms with Gasteiger partial charge in [0.2, 0.25) is 0 Å². The normalized spacial score (nSPS) is 11.0. The van der Waals surface area contributed by atoms with Crippen LogP contribution in [0.15, 0.2) is 59.7 Å². The molecule has 0 atom stereocenters. The molecule has 4 nitrogen and oxygen atoms in total. The SMILES string of the molecule is CCOC(=O)/C(=N/Nc1ccccc1)c1ccc(C)cc1. The average Bonchev–Trinajstić information content (AvgIpc) is 2.50. The first-order chi connectivity index (χ1) is 10.2. The lowest BCUT2D eigenvalue weighted by atomic mass is 10.1. The van der Waals surface area contributed by atoms with Crippen molar-refractivity contribution in [1.82, 2.24) is 0 Å². The van der Waals surface area contributed by atoms with Crippen molar-refractivity contribution < 1.29 is 9.53 Å². The van der Waals surface area contributed by atoms with E-state index >= 15 is 0 Å². The minimum atomic E-state index is -0.440. The maximum absolute atomic E-state index is 12.1. The summed E-state index contributed by atoms with van der Waals surface area (Å²) in [4.78, 5) is 12.1. The molecule has 2 rings (SSSR count). The van der Waals surface area contributed by atoms with Crippen LogP contribution in [0.1, 0.15) is 18.1 Å². The summed E-state index contributed by atoms with van der Waals surface area (Å²) >= 11 is 0. The maximum Gasteiger partial charge on any atom is 0.359 e. The van der Waals surface area contributed by atoms with Crippen LogP contribution in [0.25, 0.3) is 0 Å². The number of aryl methyl sites for hydroxylation is 1. The van der Waals surface area contributed by atoms with E-state index in [-0.39, 0.29) is 5.71 Å². The van der Waals surface area contributed by atoms with Gasteiger partial charge < -0.3 is 4.74 Å². The molecule has 0 bridgehead atoms. The van der Waals surface area contributed by atoms with E-state index in [4.69, 9.17) is 4.74 Å². The molecule has 0 saturated heterocycles. The third-order valence-corrected chi connectivity index (χ3v) is 2.86. The smallest absolute Gasteiger partial charge is 0.359 e. The van der Waals surface area contributed by atoms with Crippen LogP contribution >= 0.6 is 0 Å². The van der Waals surface area contributed by atoms with Gasteiger partial charge in [-0.3, -0.25) is 5.43 Å². The molecule has 0 amide bonds. The molecule has 0 aliphatic rings. The number of carbonyl (C=O) groups is 1. The van der Waals surface area contributed by atoms with Crippen molar-refractivity contribution in [3.63, 3.8) is 0 Å². The number of ether oxygens (including phenoxy) is 1. The molecule has 0 saturated carbocycles. The van der Waals surface area contributed by atoms with E-state index < -0.39 is 5.97 Å². The number of carbonyl (C=O) groups excluding carboxylic acids is 1. The minimum absolute atomic E-state index is 0.265. The Bertz CT molecular complexity index is 619. The zero-order valence-electron chi connectivity index (χ0n) is 12.2. The number of esters is 1. The second-order valence-corrected chi connectivity index (χ2v) is 4.52. The third-order valence-electron chi connectivity index (χ3n) is 2.86. The van der Waals surface area contributed by atoms with Crippen molar-refractivity contribution in [1.29, 1.82) is 0 Å². The van der Waals surface area contributed by atoms with Crippen molar-refractivity contribution >= 4 is 17.4 Å². The fraction of sp³-hybridized carbons (Fsp3) is 0.176. The highest BCUT2D eigenvalue weighted by atomic mass is 16.5. The Hall–Kier alpha value is -2.62. The summed E-state index contributed by atoms with van der Waals surface area (Å²) < 4.78 is 5.07. The maximum atomic E-state index is 12.1. The molecule has 0 fully saturated rings. The van der Waals surface area contributed by atoms with Gasteiger partial charge in [0, 0.05) is 5.56 Å². The summed E-state index contributed by atoms with van der Waals surface area (Å²) in [5, 5.41) is 4.20. The van der Waals surface area contributed by atoms with E-state index in [9.17, 15) is 4.79 Å². The van der Waals surface area contributed by atoms with Gasteiger partial charge in [-0.25, -0.2) is 4.79 Å². The summed E-state index contributed by atoms with van der Waals surface area (Å²) in [6.45, 7) is 4.08. The summed E-state index contributed by atoms with van der Waals surface area (Å²) in [7, 11) is 0. The van der Waals surface area contributed by atoms with Gasteiger partial charge in [-0.2, -0.15) is 5.10 Å². The number of hydrazone groups is 1. The quantitative estimate of drug-likeness (QED) is 0.519. The fourth-order valence-corrected chi connectivity index (χ4v) is 1.77. The highest BCUT2D eigenvalue weighted by Gasteiger charge is 2.15. The number of anilines is 1. The number of nitrogens with one attached hydrogen (secondary N) is 1. The molecule has 4 heteroatoms. The summed E-state index contributed by atoms with van der Waals surface area (Å²) in [5.41, 5.74) is 5.81. The number of rotatable bonds is 5. The topological polar surface area (TPSA) is 50.7 Å². The van der Waals surface area contributed by atoms with E-state index in [1.807, 2.05) is 61.5 Å². The lowest BCUT2D eigenvalue weighted by Gasteiger charge is -2.07. The molecular weight excluding hydrogens is 264 g/mol. The summed E-state index contributed by atoms with van der Waals surface area (Å²) in [5.74, 6) is -0.440. The van der Waals surface area contributed by atoms with Crippen molar-refractivity contribution in [2.24, 2.45) is 5.10 Å². The molecular formula is C17H18N2O2. The van der Waals surface area contributed by atoms with Crippen LogP contribution in [-0.4, -0.2) is 18.3 Å². The van der Waals surface area contributed by atoms with Gasteiger partial charge in [-0.1, -0.05) is 48.0 Å². The lowest BCUT2D eigenvalue weighted by Crippen LogP contribution is -2.20. The van der Waals surface area contributed by atoms with Gasteiger partial charge in [-0.05, 0) is 26.0 Å². The molecule has 0 aliphatic heterocycles. The van der Waals surface area contributed by atoms with Gasteiger partial charge in [0.15, 0.2) is 5.71 Å². The Kier molecular flexibility index (Phi) is 5.10. The molecule has 0 heterocycles. The van der Waals surface area contributed by atoms with E-state index in [1.54, 1.807) is 6.92 Å². The van der Waals surface area contributed by atoms with Crippen LogP contribution in [0.3, 0.4) is 0 Å². The molecule has 2 aromatic carbocycles. The van der Waals surface area contributed by atoms with Crippen LogP contribution < -0.4 is 5.43 Å². The molecule has 0 aromatic heterocycles. The van der Waals surface area contributed by atoms with Crippen LogP contribution in [0, 0.1) is 6.92 Å². The van der Waals surface area contributed by atoms with Crippen molar-refractivity contribution in [2.45, 2.75) is 13.8 Å². The number of nitrogens with zero attached hydrogens (tertiary/aromatic N) is 1. The predicted molar refractivity (Wildman–Crippen MR) is 84.4 cm³/mol. The Morgan fingerprint density at radius 2 is 1.76 bits per heavy atom. The van der Waals surface area contributed by atoms with E-state index in [2.05, 4.69) is 10.5 Å². The Balaban J connectivity index is 2.27. The molecule has 0 radical (unpaired) electrons. The molecule has 0 unspecified atom stereocenters. The Morgan fingerprint density at radius 1 is 1.10 bits per heavy atom. The monoisotopic (exact) mass is 282 g/mol. The molecule has 0 aliphatic carbocycles. The zero-order valence-corrected chi connectivity index (χ0v) is 12.2. The van der Waals surface area contributed by atoms with Crippen LogP contribution in [0.2, 0.25) is 0 Å². The Labute approximate surface area is 124 Å². The zero-order chi connectivity index (χ0) is 15.1.